The maximum Gasteiger partial charge on any atom is 0.243 e. The van der Waals surface area contributed by atoms with E-state index in [1.807, 2.05) is 4.72 Å². The molecule has 1 aromatic rings. The van der Waals surface area contributed by atoms with Gasteiger partial charge in [0.2, 0.25) is 10.0 Å². The van der Waals surface area contributed by atoms with Crippen molar-refractivity contribution in [3.8, 4) is 12.1 Å². The van der Waals surface area contributed by atoms with E-state index in [2.05, 4.69) is 0 Å². The lowest BCUT2D eigenvalue weighted by Crippen LogP contribution is -2.24. The molecule has 1 N–H and O–H groups in total. The maximum absolute atomic E-state index is 11.6. The predicted molar refractivity (Wildman–Crippen MR) is 57.0 cm³/mol. The summed E-state index contributed by atoms with van der Waals surface area (Å²) in [4.78, 5) is -0.205. The molecule has 0 unspecified atom stereocenters. The molecule has 0 fully saturated rings. The van der Waals surface area contributed by atoms with Crippen LogP contribution in [0.5, 0.6) is 0 Å². The molecule has 5 nitrogen and oxygen atoms in total. The molecule has 1 rings (SSSR count). The van der Waals surface area contributed by atoms with Gasteiger partial charge in [-0.2, -0.15) is 15.2 Å². The van der Waals surface area contributed by atoms with Gasteiger partial charge in [0.15, 0.2) is 0 Å². The topological polar surface area (TPSA) is 93.8 Å². The second-order valence-electron chi connectivity index (χ2n) is 2.74. The summed E-state index contributed by atoms with van der Waals surface area (Å²) in [5, 5.41) is 16.9. The average molecular weight is 256 g/mol. The first kappa shape index (κ1) is 12.5. The summed E-state index contributed by atoms with van der Waals surface area (Å²) in [5.41, 5.74) is 0.182. The highest BCUT2D eigenvalue weighted by Gasteiger charge is 2.17. The molecule has 1 aromatic carbocycles. The number of rotatable bonds is 3. The molecule has 0 saturated heterocycles. The number of nitriles is 2. The van der Waals surface area contributed by atoms with Gasteiger partial charge in [-0.05, 0) is 18.2 Å². The third-order valence-electron chi connectivity index (χ3n) is 1.69. The molecule has 0 aliphatic heterocycles. The van der Waals surface area contributed by atoms with E-state index in [0.717, 1.165) is 6.07 Å². The summed E-state index contributed by atoms with van der Waals surface area (Å²) >= 11 is 5.71. The highest BCUT2D eigenvalue weighted by Crippen LogP contribution is 2.22. The van der Waals surface area contributed by atoms with Crippen molar-refractivity contribution in [1.82, 2.24) is 4.72 Å². The van der Waals surface area contributed by atoms with Gasteiger partial charge in [-0.1, -0.05) is 11.6 Å². The molecule has 7 heteroatoms. The van der Waals surface area contributed by atoms with Crippen molar-refractivity contribution < 1.29 is 8.42 Å². The molecule has 0 amide bonds. The Balaban J connectivity index is 3.23. The van der Waals surface area contributed by atoms with Gasteiger partial charge in [0.1, 0.15) is 4.90 Å². The maximum atomic E-state index is 11.6. The third-order valence-corrected chi connectivity index (χ3v) is 3.57. The summed E-state index contributed by atoms with van der Waals surface area (Å²) in [5.74, 6) is 0. The van der Waals surface area contributed by atoms with Crippen LogP contribution in [0.1, 0.15) is 5.56 Å². The van der Waals surface area contributed by atoms with Crippen LogP contribution < -0.4 is 4.72 Å². The predicted octanol–water partition coefficient (Wildman–Crippen LogP) is 1.01. The van der Waals surface area contributed by atoms with Crippen molar-refractivity contribution in [3.63, 3.8) is 0 Å². The highest BCUT2D eigenvalue weighted by molar-refractivity contribution is 7.89. The third kappa shape index (κ3) is 2.71. The number of hydrogen-bond donors (Lipinski definition) is 1. The molecule has 16 heavy (non-hydrogen) atoms. The van der Waals surface area contributed by atoms with E-state index >= 15 is 0 Å². The van der Waals surface area contributed by atoms with Crippen LogP contribution in [0.3, 0.4) is 0 Å². The van der Waals surface area contributed by atoms with E-state index < -0.39 is 10.0 Å². The number of nitrogens with one attached hydrogen (secondary N) is 1. The van der Waals surface area contributed by atoms with Gasteiger partial charge in [0.25, 0.3) is 0 Å². The molecule has 0 radical (unpaired) electrons. The lowest BCUT2D eigenvalue weighted by molar-refractivity contribution is 0.586. The SMILES string of the molecule is N#CCNS(=O)(=O)c1cc(C#N)ccc1Cl. The lowest BCUT2D eigenvalue weighted by atomic mass is 10.2. The largest absolute Gasteiger partial charge is 0.243 e. The molecule has 0 atom stereocenters. The Morgan fingerprint density at radius 1 is 1.38 bits per heavy atom. The molecule has 0 spiro atoms. The van der Waals surface area contributed by atoms with Crippen LogP contribution in [-0.4, -0.2) is 15.0 Å². The summed E-state index contributed by atoms with van der Waals surface area (Å²) in [6.45, 7) is -0.352. The first-order valence-corrected chi connectivity index (χ1v) is 5.93. The molecule has 0 aliphatic rings. The zero-order valence-corrected chi connectivity index (χ0v) is 9.51. The molecule has 82 valence electrons. The molecule has 0 aliphatic carbocycles. The number of nitrogens with zero attached hydrogens (tertiary/aromatic N) is 2. The van der Waals surface area contributed by atoms with Gasteiger partial charge in [-0.25, -0.2) is 8.42 Å². The zero-order chi connectivity index (χ0) is 12.2. The second-order valence-corrected chi connectivity index (χ2v) is 4.88. The smallest absolute Gasteiger partial charge is 0.207 e. The van der Waals surface area contributed by atoms with Crippen LogP contribution in [0.4, 0.5) is 0 Å². The van der Waals surface area contributed by atoms with Crippen molar-refractivity contribution in [2.24, 2.45) is 0 Å². The van der Waals surface area contributed by atoms with Gasteiger partial charge in [0, 0.05) is 0 Å². The fraction of sp³-hybridized carbons (Fsp3) is 0.111. The Bertz CT molecular complexity index is 584. The van der Waals surface area contributed by atoms with Crippen LogP contribution in [0, 0.1) is 22.7 Å². The number of benzene rings is 1. The van der Waals surface area contributed by atoms with Crippen LogP contribution >= 0.6 is 11.6 Å². The van der Waals surface area contributed by atoms with E-state index in [0.29, 0.717) is 0 Å². The Morgan fingerprint density at radius 3 is 2.62 bits per heavy atom. The Labute approximate surface area is 97.9 Å². The number of halogens is 1. The van der Waals surface area contributed by atoms with Crippen LogP contribution in [0.15, 0.2) is 23.1 Å². The fourth-order valence-electron chi connectivity index (χ4n) is 0.984. The van der Waals surface area contributed by atoms with Gasteiger partial charge in [0.05, 0.1) is 29.3 Å². The van der Waals surface area contributed by atoms with Crippen molar-refractivity contribution in [2.45, 2.75) is 4.90 Å². The summed E-state index contributed by atoms with van der Waals surface area (Å²) in [6, 6.07) is 7.33. The van der Waals surface area contributed by atoms with Crippen molar-refractivity contribution in [3.05, 3.63) is 28.8 Å². The van der Waals surface area contributed by atoms with Crippen molar-refractivity contribution >= 4 is 21.6 Å². The standard InChI is InChI=1S/C9H6ClN3O2S/c10-8-2-1-7(6-12)5-9(8)16(14,15)13-4-3-11/h1-2,5,13H,4H2. The first-order valence-electron chi connectivity index (χ1n) is 4.07. The van der Waals surface area contributed by atoms with Gasteiger partial charge in [-0.3, -0.25) is 0 Å². The van der Waals surface area contributed by atoms with E-state index in [-0.39, 0.29) is 22.0 Å². The molecule has 0 saturated carbocycles. The minimum Gasteiger partial charge on any atom is -0.207 e. The van der Waals surface area contributed by atoms with Gasteiger partial charge in [-0.15, -0.1) is 0 Å². The summed E-state index contributed by atoms with van der Waals surface area (Å²) in [7, 11) is -3.84. The number of sulfonamides is 1. The molecular weight excluding hydrogens is 250 g/mol. The average Bonchev–Trinajstić information content (AvgIpc) is 2.27. The van der Waals surface area contributed by atoms with Gasteiger partial charge < -0.3 is 0 Å². The minimum absolute atomic E-state index is 0.00411. The van der Waals surface area contributed by atoms with Gasteiger partial charge >= 0.3 is 0 Å². The lowest BCUT2D eigenvalue weighted by Gasteiger charge is -2.05. The first-order chi connectivity index (χ1) is 7.51. The quantitative estimate of drug-likeness (QED) is 0.816. The van der Waals surface area contributed by atoms with E-state index in [1.165, 1.54) is 12.1 Å². The molecule has 0 bridgehead atoms. The fourth-order valence-corrected chi connectivity index (χ4v) is 2.42. The van der Waals surface area contributed by atoms with E-state index in [4.69, 9.17) is 22.1 Å². The monoisotopic (exact) mass is 255 g/mol. The normalized spacial score (nSPS) is 10.4. The molecular formula is C9H6ClN3O2S. The van der Waals surface area contributed by atoms with E-state index in [9.17, 15) is 8.42 Å². The van der Waals surface area contributed by atoms with Crippen molar-refractivity contribution in [1.29, 1.82) is 10.5 Å². The highest BCUT2D eigenvalue weighted by atomic mass is 35.5. The Kier molecular flexibility index (Phi) is 3.86. The summed E-state index contributed by atoms with van der Waals surface area (Å²) in [6.07, 6.45) is 0. The Morgan fingerprint density at radius 2 is 2.06 bits per heavy atom. The Hall–Kier alpha value is -1.60. The van der Waals surface area contributed by atoms with Crippen molar-refractivity contribution in [2.75, 3.05) is 6.54 Å². The molecule has 0 aromatic heterocycles. The van der Waals surface area contributed by atoms with Crippen LogP contribution in [0.25, 0.3) is 0 Å². The van der Waals surface area contributed by atoms with Crippen LogP contribution in [-0.2, 0) is 10.0 Å². The minimum atomic E-state index is -3.84. The summed E-state index contributed by atoms with van der Waals surface area (Å²) < 4.78 is 25.3. The number of hydrogen-bond acceptors (Lipinski definition) is 4. The molecule has 0 heterocycles. The van der Waals surface area contributed by atoms with Crippen LogP contribution in [0.2, 0.25) is 5.02 Å². The van der Waals surface area contributed by atoms with E-state index in [1.54, 1.807) is 12.1 Å². The zero-order valence-electron chi connectivity index (χ0n) is 7.94. The second kappa shape index (κ2) is 4.95.